The zero-order valence-electron chi connectivity index (χ0n) is 21.7. The third-order valence-corrected chi connectivity index (χ3v) is 5.91. The van der Waals surface area contributed by atoms with E-state index >= 15 is 0 Å². The fourth-order valence-corrected chi connectivity index (χ4v) is 3.95. The van der Waals surface area contributed by atoms with Crippen molar-refractivity contribution < 1.29 is 9.59 Å². The van der Waals surface area contributed by atoms with Gasteiger partial charge in [-0.1, -0.05) is 91.0 Å². The Morgan fingerprint density at radius 3 is 2.41 bits per heavy atom. The van der Waals surface area contributed by atoms with Crippen molar-refractivity contribution in [2.75, 3.05) is 18.4 Å². The van der Waals surface area contributed by atoms with Crippen molar-refractivity contribution in [1.82, 2.24) is 14.7 Å². The predicted molar refractivity (Wildman–Crippen MR) is 141 cm³/mol. The third-order valence-electron chi connectivity index (χ3n) is 5.59. The lowest BCUT2D eigenvalue weighted by molar-refractivity contribution is -0.135. The molecule has 0 fully saturated rings. The minimum absolute atomic E-state index is 0.0184. The van der Waals surface area contributed by atoms with Gasteiger partial charge in [-0.15, -0.1) is 0 Å². The molecule has 188 valence electrons. The highest BCUT2D eigenvalue weighted by molar-refractivity contribution is 6.32. The van der Waals surface area contributed by atoms with E-state index < -0.39 is 0 Å². The highest BCUT2D eigenvalue weighted by Gasteiger charge is 2.24. The summed E-state index contributed by atoms with van der Waals surface area (Å²) >= 11 is 6.43. The van der Waals surface area contributed by atoms with Gasteiger partial charge in [0.05, 0.1) is 22.9 Å². The fraction of sp³-hybridized carbons (Fsp3) is 0.593. The summed E-state index contributed by atoms with van der Waals surface area (Å²) in [6.07, 6.45) is 5.92. The molecule has 1 N–H and O–H groups in total. The Morgan fingerprint density at radius 2 is 1.79 bits per heavy atom. The molecule has 0 atom stereocenters. The van der Waals surface area contributed by atoms with Crippen LogP contribution in [0.2, 0.25) is 5.02 Å². The highest BCUT2D eigenvalue weighted by atomic mass is 35.5. The lowest BCUT2D eigenvalue weighted by atomic mass is 9.92. The highest BCUT2D eigenvalue weighted by Crippen LogP contribution is 2.29. The van der Waals surface area contributed by atoms with Gasteiger partial charge in [-0.25, -0.2) is 4.68 Å². The monoisotopic (exact) mass is 488 g/mol. The van der Waals surface area contributed by atoms with E-state index in [4.69, 9.17) is 16.7 Å². The van der Waals surface area contributed by atoms with Crippen LogP contribution < -0.4 is 5.32 Å². The van der Waals surface area contributed by atoms with Crippen molar-refractivity contribution in [2.45, 2.75) is 85.5 Å². The number of hydrogen-bond acceptors (Lipinski definition) is 3. The molecule has 2 rings (SSSR count). The van der Waals surface area contributed by atoms with Crippen molar-refractivity contribution in [2.24, 2.45) is 5.92 Å². The molecule has 0 saturated heterocycles. The molecule has 0 aliphatic rings. The smallest absolute Gasteiger partial charge is 0.245 e. The number of amides is 2. The quantitative estimate of drug-likeness (QED) is 0.342. The number of halogens is 1. The molecule has 7 heteroatoms. The number of carbonyl (C=O) groups is 2. The Labute approximate surface area is 210 Å². The van der Waals surface area contributed by atoms with E-state index in [1.54, 1.807) is 15.6 Å². The number of rotatable bonds is 12. The number of hydrogen-bond donors (Lipinski definition) is 1. The molecule has 0 unspecified atom stereocenters. The average Bonchev–Trinajstić information content (AvgIpc) is 3.17. The summed E-state index contributed by atoms with van der Waals surface area (Å²) in [7, 11) is 0. The molecule has 1 heterocycles. The summed E-state index contributed by atoms with van der Waals surface area (Å²) in [4.78, 5) is 27.6. The van der Waals surface area contributed by atoms with Gasteiger partial charge >= 0.3 is 0 Å². The lowest BCUT2D eigenvalue weighted by Gasteiger charge is -2.24. The van der Waals surface area contributed by atoms with Crippen LogP contribution in [-0.4, -0.2) is 39.6 Å². The topological polar surface area (TPSA) is 67.2 Å². The summed E-state index contributed by atoms with van der Waals surface area (Å²) in [6, 6.07) is 9.28. The van der Waals surface area contributed by atoms with Gasteiger partial charge in [0.15, 0.2) is 0 Å². The number of carbonyl (C=O) groups excluding carboxylic acids is 2. The van der Waals surface area contributed by atoms with E-state index in [0.717, 1.165) is 25.0 Å². The van der Waals surface area contributed by atoms with Crippen LogP contribution in [0.25, 0.3) is 5.69 Å². The van der Waals surface area contributed by atoms with Crippen LogP contribution in [0.4, 0.5) is 5.82 Å². The van der Waals surface area contributed by atoms with E-state index in [2.05, 4.69) is 46.9 Å². The van der Waals surface area contributed by atoms with Crippen molar-refractivity contribution >= 4 is 29.2 Å². The molecule has 2 aromatic rings. The maximum atomic E-state index is 13.1. The molecule has 0 aliphatic heterocycles. The largest absolute Gasteiger partial charge is 0.333 e. The summed E-state index contributed by atoms with van der Waals surface area (Å²) < 4.78 is 1.67. The zero-order valence-corrected chi connectivity index (χ0v) is 22.4. The molecule has 0 aliphatic carbocycles. The molecule has 0 bridgehead atoms. The first kappa shape index (κ1) is 27.9. The fourth-order valence-electron chi connectivity index (χ4n) is 3.73. The number of anilines is 1. The Morgan fingerprint density at radius 1 is 1.12 bits per heavy atom. The molecule has 0 saturated carbocycles. The Balaban J connectivity index is 2.17. The molecule has 34 heavy (non-hydrogen) atoms. The number of nitrogens with one attached hydrogen (secondary N) is 1. The van der Waals surface area contributed by atoms with E-state index in [-0.39, 0.29) is 29.7 Å². The Bertz CT molecular complexity index is 946. The van der Waals surface area contributed by atoms with Crippen LogP contribution >= 0.6 is 11.6 Å². The second kappa shape index (κ2) is 12.9. The maximum absolute atomic E-state index is 13.1. The normalized spacial score (nSPS) is 11.6. The molecular weight excluding hydrogens is 448 g/mol. The van der Waals surface area contributed by atoms with Gasteiger partial charge in [0.2, 0.25) is 11.8 Å². The van der Waals surface area contributed by atoms with Crippen molar-refractivity contribution in [3.05, 3.63) is 41.0 Å². The van der Waals surface area contributed by atoms with E-state index in [1.165, 1.54) is 12.8 Å². The number of para-hydroxylation sites is 1. The van der Waals surface area contributed by atoms with E-state index in [1.807, 2.05) is 24.3 Å². The maximum Gasteiger partial charge on any atom is 0.245 e. The van der Waals surface area contributed by atoms with E-state index in [0.29, 0.717) is 29.5 Å². The lowest BCUT2D eigenvalue weighted by Crippen LogP contribution is -2.40. The second-order valence-corrected chi connectivity index (χ2v) is 10.8. The molecule has 0 radical (unpaired) electrons. The van der Waals surface area contributed by atoms with Crippen LogP contribution in [-0.2, 0) is 15.0 Å². The van der Waals surface area contributed by atoms with Crippen LogP contribution in [0.15, 0.2) is 30.3 Å². The van der Waals surface area contributed by atoms with Gasteiger partial charge < -0.3 is 10.2 Å². The minimum Gasteiger partial charge on any atom is -0.333 e. The first-order valence-corrected chi connectivity index (χ1v) is 12.8. The number of benzene rings is 1. The van der Waals surface area contributed by atoms with Crippen LogP contribution in [0.1, 0.15) is 85.8 Å². The minimum atomic E-state index is -0.242. The number of aromatic nitrogens is 2. The third kappa shape index (κ3) is 8.46. The molecule has 1 aromatic heterocycles. The van der Waals surface area contributed by atoms with Crippen molar-refractivity contribution in [1.29, 1.82) is 0 Å². The van der Waals surface area contributed by atoms with Crippen LogP contribution in [0.3, 0.4) is 0 Å². The summed E-state index contributed by atoms with van der Waals surface area (Å²) in [5.74, 6) is 0.613. The van der Waals surface area contributed by atoms with Gasteiger partial charge in [0, 0.05) is 24.4 Å². The van der Waals surface area contributed by atoms with Crippen LogP contribution in [0, 0.1) is 5.92 Å². The first-order valence-electron chi connectivity index (χ1n) is 12.5. The summed E-state index contributed by atoms with van der Waals surface area (Å²) in [5.41, 5.74) is 1.32. The zero-order chi connectivity index (χ0) is 25.3. The average molecular weight is 489 g/mol. The summed E-state index contributed by atoms with van der Waals surface area (Å²) in [6.45, 7) is 13.1. The number of nitrogens with zero attached hydrogens (tertiary/aromatic N) is 3. The molecule has 0 spiro atoms. The molecule has 2 amide bonds. The van der Waals surface area contributed by atoms with Gasteiger partial charge in [-0.05, 0) is 24.5 Å². The summed E-state index contributed by atoms with van der Waals surface area (Å²) in [5, 5.41) is 8.25. The molecular formula is C27H41ClN4O2. The standard InChI is InChI=1S/C27H41ClN4O2/c1-7-8-9-10-11-16-26(34)31(18-20(2)3)19-25(33)29-24-17-23(27(4,5)6)30-32(24)22-15-13-12-14-21(22)28/h12-15,17,20H,7-11,16,18-19H2,1-6H3,(H,29,33). The second-order valence-electron chi connectivity index (χ2n) is 10.4. The Hall–Kier alpha value is -2.34. The first-order chi connectivity index (χ1) is 16.0. The van der Waals surface area contributed by atoms with Gasteiger partial charge in [0.25, 0.3) is 0 Å². The molecule has 6 nitrogen and oxygen atoms in total. The van der Waals surface area contributed by atoms with Crippen molar-refractivity contribution in [3.8, 4) is 5.69 Å². The van der Waals surface area contributed by atoms with Gasteiger partial charge in [-0.2, -0.15) is 5.10 Å². The Kier molecular flexibility index (Phi) is 10.6. The number of unbranched alkanes of at least 4 members (excludes halogenated alkanes) is 4. The van der Waals surface area contributed by atoms with E-state index in [9.17, 15) is 9.59 Å². The molecule has 1 aromatic carbocycles. The SMILES string of the molecule is CCCCCCCC(=O)N(CC(=O)Nc1cc(C(C)(C)C)nn1-c1ccccc1Cl)CC(C)C. The van der Waals surface area contributed by atoms with Gasteiger partial charge in [0.1, 0.15) is 5.82 Å². The van der Waals surface area contributed by atoms with Crippen molar-refractivity contribution in [3.63, 3.8) is 0 Å². The van der Waals surface area contributed by atoms with Crippen LogP contribution in [0.5, 0.6) is 0 Å². The predicted octanol–water partition coefficient (Wildman–Crippen LogP) is 6.61. The van der Waals surface area contributed by atoms with Gasteiger partial charge in [-0.3, -0.25) is 9.59 Å².